The van der Waals surface area contributed by atoms with E-state index in [-0.39, 0.29) is 28.3 Å². The maximum absolute atomic E-state index is 14.7. The molecule has 0 radical (unpaired) electrons. The molecule has 1 aromatic heterocycles. The number of hydrogen-bond donors (Lipinski definition) is 1. The zero-order valence-corrected chi connectivity index (χ0v) is 17.7. The van der Waals surface area contributed by atoms with Crippen LogP contribution >= 0.6 is 0 Å². The molecule has 4 rings (SSSR count). The first kappa shape index (κ1) is 22.3. The second kappa shape index (κ2) is 9.29. The van der Waals surface area contributed by atoms with Crippen molar-refractivity contribution in [2.75, 3.05) is 0 Å². The van der Waals surface area contributed by atoms with Gasteiger partial charge in [0.2, 0.25) is 10.0 Å². The minimum atomic E-state index is -3.93. The molecular formula is C21H21F3N4O3S. The van der Waals surface area contributed by atoms with Gasteiger partial charge in [-0.3, -0.25) is 0 Å². The van der Waals surface area contributed by atoms with Crippen LogP contribution in [0.25, 0.3) is 11.1 Å². The lowest BCUT2D eigenvalue weighted by molar-refractivity contribution is -0.0498. The average molecular weight is 466 g/mol. The van der Waals surface area contributed by atoms with Gasteiger partial charge in [-0.1, -0.05) is 18.2 Å². The molecule has 1 aliphatic rings. The number of ether oxygens (including phenoxy) is 1. The van der Waals surface area contributed by atoms with Crippen molar-refractivity contribution in [2.24, 2.45) is 0 Å². The summed E-state index contributed by atoms with van der Waals surface area (Å²) in [5, 5.41) is 7.59. The lowest BCUT2D eigenvalue weighted by Gasteiger charge is -2.30. The maximum atomic E-state index is 14.7. The highest BCUT2D eigenvalue weighted by molar-refractivity contribution is 7.89. The number of halogens is 3. The molecule has 0 unspecified atom stereocenters. The van der Waals surface area contributed by atoms with Crippen LogP contribution in [0, 0.1) is 5.82 Å². The Bertz CT molecular complexity index is 1160. The highest BCUT2D eigenvalue weighted by atomic mass is 32.2. The Morgan fingerprint density at radius 3 is 2.44 bits per heavy atom. The fourth-order valence-electron chi connectivity index (χ4n) is 3.94. The number of rotatable bonds is 7. The molecular weight excluding hydrogens is 445 g/mol. The van der Waals surface area contributed by atoms with Crippen molar-refractivity contribution in [1.82, 2.24) is 19.5 Å². The molecule has 7 nitrogen and oxygen atoms in total. The van der Waals surface area contributed by atoms with Gasteiger partial charge in [-0.05, 0) is 55.5 Å². The molecule has 11 heteroatoms. The van der Waals surface area contributed by atoms with Crippen LogP contribution in [0.1, 0.15) is 31.7 Å². The van der Waals surface area contributed by atoms with Gasteiger partial charge in [0.1, 0.15) is 24.2 Å². The molecule has 170 valence electrons. The van der Waals surface area contributed by atoms with Gasteiger partial charge in [-0.25, -0.2) is 17.5 Å². The zero-order chi connectivity index (χ0) is 22.7. The van der Waals surface area contributed by atoms with Crippen LogP contribution in [-0.2, 0) is 10.0 Å². The number of benzene rings is 2. The van der Waals surface area contributed by atoms with Crippen molar-refractivity contribution >= 4 is 10.0 Å². The van der Waals surface area contributed by atoms with Crippen LogP contribution in [0.2, 0.25) is 0 Å². The van der Waals surface area contributed by atoms with Crippen molar-refractivity contribution in [2.45, 2.75) is 49.3 Å². The van der Waals surface area contributed by atoms with Crippen molar-refractivity contribution in [1.29, 1.82) is 0 Å². The first-order valence-corrected chi connectivity index (χ1v) is 11.5. The van der Waals surface area contributed by atoms with E-state index >= 15 is 0 Å². The molecule has 2 aromatic carbocycles. The second-order valence-corrected chi connectivity index (χ2v) is 9.31. The van der Waals surface area contributed by atoms with Gasteiger partial charge in [0.15, 0.2) is 0 Å². The average Bonchev–Trinajstić information content (AvgIpc) is 3.29. The molecule has 3 aromatic rings. The number of nitrogens with one attached hydrogen (secondary N) is 1. The molecule has 1 aliphatic carbocycles. The van der Waals surface area contributed by atoms with E-state index < -0.39 is 22.5 Å². The first-order valence-electron chi connectivity index (χ1n) is 10.0. The van der Waals surface area contributed by atoms with Crippen LogP contribution in [0.3, 0.4) is 0 Å². The van der Waals surface area contributed by atoms with Crippen LogP contribution in [0.4, 0.5) is 13.2 Å². The van der Waals surface area contributed by atoms with Gasteiger partial charge in [0, 0.05) is 17.6 Å². The zero-order valence-electron chi connectivity index (χ0n) is 16.9. The Labute approximate surface area is 183 Å². The third-order valence-corrected chi connectivity index (χ3v) is 6.99. The van der Waals surface area contributed by atoms with E-state index in [9.17, 15) is 21.6 Å². The standard InChI is InChI=1S/C21H21F3N4O3S/c22-20-11-18(8-9-19(20)14-4-6-17(7-5-14)31-21(23)24)32(29,30)27-15-2-1-3-16(10-15)28-12-25-26-13-28/h4-9,11-13,15-16,21,27H,1-3,10H2/t15-,16+/m0/s1. The lowest BCUT2D eigenvalue weighted by atomic mass is 9.91. The minimum absolute atomic E-state index is 0.0511. The number of sulfonamides is 1. The van der Waals surface area contributed by atoms with Crippen molar-refractivity contribution in [3.8, 4) is 16.9 Å². The highest BCUT2D eigenvalue weighted by Crippen LogP contribution is 2.30. The fraction of sp³-hybridized carbons (Fsp3) is 0.333. The van der Waals surface area contributed by atoms with Crippen molar-refractivity contribution in [3.05, 3.63) is 60.9 Å². The van der Waals surface area contributed by atoms with E-state index in [1.807, 2.05) is 4.57 Å². The van der Waals surface area contributed by atoms with Crippen LogP contribution in [0.5, 0.6) is 5.75 Å². The smallest absolute Gasteiger partial charge is 0.387 e. The molecule has 0 spiro atoms. The predicted molar refractivity (Wildman–Crippen MR) is 110 cm³/mol. The topological polar surface area (TPSA) is 86.1 Å². The van der Waals surface area contributed by atoms with E-state index in [1.54, 1.807) is 12.7 Å². The third-order valence-electron chi connectivity index (χ3n) is 5.47. The van der Waals surface area contributed by atoms with E-state index in [1.165, 1.54) is 36.4 Å². The molecule has 0 aliphatic heterocycles. The fourth-order valence-corrected chi connectivity index (χ4v) is 5.23. The monoisotopic (exact) mass is 466 g/mol. The Morgan fingerprint density at radius 1 is 1.06 bits per heavy atom. The van der Waals surface area contributed by atoms with Crippen LogP contribution in [-0.4, -0.2) is 35.8 Å². The van der Waals surface area contributed by atoms with E-state index in [2.05, 4.69) is 19.7 Å². The molecule has 0 saturated heterocycles. The minimum Gasteiger partial charge on any atom is -0.435 e. The normalized spacial score (nSPS) is 19.2. The van der Waals surface area contributed by atoms with Gasteiger partial charge in [0.05, 0.1) is 4.90 Å². The summed E-state index contributed by atoms with van der Waals surface area (Å²) in [6.45, 7) is -2.95. The summed E-state index contributed by atoms with van der Waals surface area (Å²) < 4.78 is 73.8. The van der Waals surface area contributed by atoms with E-state index in [0.29, 0.717) is 18.4 Å². The molecule has 2 atom stereocenters. The molecule has 32 heavy (non-hydrogen) atoms. The Balaban J connectivity index is 1.48. The Kier molecular flexibility index (Phi) is 6.47. The van der Waals surface area contributed by atoms with Crippen molar-refractivity contribution in [3.63, 3.8) is 0 Å². The summed E-state index contributed by atoms with van der Waals surface area (Å²) in [6, 6.07) is 8.89. The second-order valence-electron chi connectivity index (χ2n) is 7.59. The molecule has 1 fully saturated rings. The summed E-state index contributed by atoms with van der Waals surface area (Å²) in [4.78, 5) is -0.178. The molecule has 1 heterocycles. The van der Waals surface area contributed by atoms with Gasteiger partial charge >= 0.3 is 6.61 Å². The van der Waals surface area contributed by atoms with Crippen LogP contribution in [0.15, 0.2) is 60.0 Å². The Morgan fingerprint density at radius 2 is 1.78 bits per heavy atom. The van der Waals surface area contributed by atoms with Gasteiger partial charge < -0.3 is 9.30 Å². The Hall–Kier alpha value is -2.92. The van der Waals surface area contributed by atoms with Gasteiger partial charge in [-0.2, -0.15) is 8.78 Å². The van der Waals surface area contributed by atoms with Gasteiger partial charge in [0.25, 0.3) is 0 Å². The van der Waals surface area contributed by atoms with E-state index in [0.717, 1.165) is 18.9 Å². The molecule has 1 N–H and O–H groups in total. The quantitative estimate of drug-likeness (QED) is 0.566. The van der Waals surface area contributed by atoms with Crippen LogP contribution < -0.4 is 9.46 Å². The summed E-state index contributed by atoms with van der Waals surface area (Å²) in [6.07, 6.45) is 6.25. The summed E-state index contributed by atoms with van der Waals surface area (Å²) in [5.41, 5.74) is 0.558. The largest absolute Gasteiger partial charge is 0.435 e. The van der Waals surface area contributed by atoms with E-state index in [4.69, 9.17) is 0 Å². The maximum Gasteiger partial charge on any atom is 0.387 e. The van der Waals surface area contributed by atoms with Gasteiger partial charge in [-0.15, -0.1) is 10.2 Å². The summed E-state index contributed by atoms with van der Waals surface area (Å²) in [5.74, 6) is -0.786. The number of hydrogen-bond acceptors (Lipinski definition) is 5. The third kappa shape index (κ3) is 5.10. The molecule has 0 amide bonds. The number of aromatic nitrogens is 3. The highest BCUT2D eigenvalue weighted by Gasteiger charge is 2.28. The summed E-state index contributed by atoms with van der Waals surface area (Å²) in [7, 11) is -3.93. The summed E-state index contributed by atoms with van der Waals surface area (Å²) >= 11 is 0. The number of nitrogens with zero attached hydrogens (tertiary/aromatic N) is 3. The van der Waals surface area contributed by atoms with Crippen molar-refractivity contribution < 1.29 is 26.3 Å². The number of alkyl halides is 2. The molecule has 0 bridgehead atoms. The molecule has 1 saturated carbocycles. The lowest BCUT2D eigenvalue weighted by Crippen LogP contribution is -2.38. The first-order chi connectivity index (χ1) is 15.3. The predicted octanol–water partition coefficient (Wildman–Crippen LogP) is 4.15. The SMILES string of the molecule is O=S(=O)(N[C@H]1CCC[C@@H](n2cnnc2)C1)c1ccc(-c2ccc(OC(F)F)cc2)c(F)c1.